The Hall–Kier alpha value is -1.87. The van der Waals surface area contributed by atoms with Crippen LogP contribution in [0, 0.1) is 0 Å². The maximum atomic E-state index is 4.24. The number of benzene rings is 1. The van der Waals surface area contributed by atoms with Crippen molar-refractivity contribution < 1.29 is 0 Å². The Morgan fingerprint density at radius 1 is 1.31 bits per heavy atom. The fourth-order valence-electron chi connectivity index (χ4n) is 1.60. The molecule has 1 aromatic carbocycles. The molecule has 0 atom stereocenters. The van der Waals surface area contributed by atoms with Crippen LogP contribution < -0.4 is 5.32 Å². The van der Waals surface area contributed by atoms with Crippen LogP contribution >= 0.6 is 0 Å². The van der Waals surface area contributed by atoms with Crippen LogP contribution in [0.25, 0.3) is 5.69 Å². The Balaban J connectivity index is 2.21. The molecule has 0 aliphatic rings. The average Bonchev–Trinajstić information content (AvgIpc) is 2.83. The van der Waals surface area contributed by atoms with Crippen molar-refractivity contribution in [2.24, 2.45) is 0 Å². The quantitative estimate of drug-likeness (QED) is 0.609. The molecule has 1 aromatic heterocycles. The molecular formula is C13H15N3. The molecule has 1 heterocycles. The molecule has 2 aromatic rings. The lowest BCUT2D eigenvalue weighted by Crippen LogP contribution is -2.14. The highest BCUT2D eigenvalue weighted by Gasteiger charge is 2.02. The molecule has 0 unspecified atom stereocenters. The summed E-state index contributed by atoms with van der Waals surface area (Å²) in [5.74, 6) is 0. The maximum Gasteiger partial charge on any atom is 0.0690 e. The van der Waals surface area contributed by atoms with Crippen LogP contribution in [0.4, 0.5) is 0 Å². The van der Waals surface area contributed by atoms with E-state index in [9.17, 15) is 0 Å². The van der Waals surface area contributed by atoms with Gasteiger partial charge in [-0.3, -0.25) is 0 Å². The van der Waals surface area contributed by atoms with Crippen LogP contribution in [-0.2, 0) is 6.54 Å². The van der Waals surface area contributed by atoms with E-state index in [-0.39, 0.29) is 0 Å². The second-order valence-corrected chi connectivity index (χ2v) is 3.50. The van der Waals surface area contributed by atoms with Gasteiger partial charge in [-0.1, -0.05) is 24.3 Å². The predicted octanol–water partition coefficient (Wildman–Crippen LogP) is 2.15. The fourth-order valence-corrected chi connectivity index (χ4v) is 1.60. The van der Waals surface area contributed by atoms with Crippen LogP contribution in [-0.4, -0.2) is 16.3 Å². The van der Waals surface area contributed by atoms with Crippen LogP contribution in [0.2, 0.25) is 0 Å². The third kappa shape index (κ3) is 2.38. The predicted molar refractivity (Wildman–Crippen MR) is 65.5 cm³/mol. The Kier molecular flexibility index (Phi) is 3.51. The van der Waals surface area contributed by atoms with Gasteiger partial charge in [0.25, 0.3) is 0 Å². The number of aromatic nitrogens is 2. The molecule has 0 amide bonds. The Morgan fingerprint density at radius 2 is 2.19 bits per heavy atom. The molecule has 0 aliphatic carbocycles. The number of rotatable bonds is 5. The zero-order valence-corrected chi connectivity index (χ0v) is 9.13. The summed E-state index contributed by atoms with van der Waals surface area (Å²) in [6.45, 7) is 5.32. The standard InChI is InChI=1S/C13H15N3/c1-2-8-14-11-12-6-3-4-7-13(12)16-10-5-9-15-16/h2-7,9-10,14H,1,8,11H2. The molecule has 0 saturated carbocycles. The summed E-state index contributed by atoms with van der Waals surface area (Å²) < 4.78 is 1.88. The van der Waals surface area contributed by atoms with E-state index in [1.807, 2.05) is 35.2 Å². The zero-order valence-electron chi connectivity index (χ0n) is 9.13. The first-order chi connectivity index (χ1) is 7.92. The topological polar surface area (TPSA) is 29.9 Å². The molecule has 0 fully saturated rings. The smallest absolute Gasteiger partial charge is 0.0690 e. The molecule has 0 bridgehead atoms. The van der Waals surface area contributed by atoms with E-state index in [1.165, 1.54) is 5.56 Å². The van der Waals surface area contributed by atoms with Crippen molar-refractivity contribution in [3.63, 3.8) is 0 Å². The summed E-state index contributed by atoms with van der Waals surface area (Å²) >= 11 is 0. The van der Waals surface area contributed by atoms with Gasteiger partial charge in [0.1, 0.15) is 0 Å². The number of hydrogen-bond donors (Lipinski definition) is 1. The van der Waals surface area contributed by atoms with E-state index < -0.39 is 0 Å². The zero-order chi connectivity index (χ0) is 11.2. The molecule has 0 spiro atoms. The molecule has 1 N–H and O–H groups in total. The van der Waals surface area contributed by atoms with Gasteiger partial charge in [0, 0.05) is 25.5 Å². The van der Waals surface area contributed by atoms with Crippen molar-refractivity contribution in [2.45, 2.75) is 6.54 Å². The number of nitrogens with one attached hydrogen (secondary N) is 1. The van der Waals surface area contributed by atoms with Crippen molar-refractivity contribution in [3.05, 3.63) is 60.9 Å². The van der Waals surface area contributed by atoms with Gasteiger partial charge < -0.3 is 5.32 Å². The lowest BCUT2D eigenvalue weighted by Gasteiger charge is -2.09. The minimum atomic E-state index is 0.813. The fraction of sp³-hybridized carbons (Fsp3) is 0.154. The molecule has 82 valence electrons. The van der Waals surface area contributed by atoms with E-state index in [0.717, 1.165) is 18.8 Å². The third-order valence-corrected chi connectivity index (χ3v) is 2.35. The Labute approximate surface area is 95.4 Å². The normalized spacial score (nSPS) is 10.2. The second kappa shape index (κ2) is 5.28. The lowest BCUT2D eigenvalue weighted by molar-refractivity contribution is 0.746. The minimum absolute atomic E-state index is 0.813. The molecule has 0 radical (unpaired) electrons. The highest BCUT2D eigenvalue weighted by Crippen LogP contribution is 2.12. The van der Waals surface area contributed by atoms with Crippen molar-refractivity contribution in [3.8, 4) is 5.69 Å². The highest BCUT2D eigenvalue weighted by molar-refractivity contribution is 5.40. The second-order valence-electron chi connectivity index (χ2n) is 3.50. The van der Waals surface area contributed by atoms with Gasteiger partial charge in [-0.05, 0) is 17.7 Å². The van der Waals surface area contributed by atoms with E-state index >= 15 is 0 Å². The molecule has 2 rings (SSSR count). The Morgan fingerprint density at radius 3 is 2.94 bits per heavy atom. The summed E-state index contributed by atoms with van der Waals surface area (Å²) in [4.78, 5) is 0. The van der Waals surface area contributed by atoms with Crippen molar-refractivity contribution in [1.29, 1.82) is 0 Å². The third-order valence-electron chi connectivity index (χ3n) is 2.35. The first-order valence-electron chi connectivity index (χ1n) is 5.31. The van der Waals surface area contributed by atoms with Gasteiger partial charge in [0.2, 0.25) is 0 Å². The minimum Gasteiger partial charge on any atom is -0.309 e. The first-order valence-corrected chi connectivity index (χ1v) is 5.31. The van der Waals surface area contributed by atoms with Crippen LogP contribution in [0.5, 0.6) is 0 Å². The van der Waals surface area contributed by atoms with Crippen LogP contribution in [0.15, 0.2) is 55.4 Å². The summed E-state index contributed by atoms with van der Waals surface area (Å²) in [5, 5.41) is 7.54. The van der Waals surface area contributed by atoms with Crippen LogP contribution in [0.1, 0.15) is 5.56 Å². The molecule has 3 nitrogen and oxygen atoms in total. The van der Waals surface area contributed by atoms with E-state index in [2.05, 4.69) is 29.1 Å². The van der Waals surface area contributed by atoms with E-state index in [1.54, 1.807) is 6.20 Å². The number of nitrogens with zero attached hydrogens (tertiary/aromatic N) is 2. The summed E-state index contributed by atoms with van der Waals surface area (Å²) in [6, 6.07) is 10.2. The van der Waals surface area contributed by atoms with E-state index in [4.69, 9.17) is 0 Å². The van der Waals surface area contributed by atoms with Crippen LogP contribution in [0.3, 0.4) is 0 Å². The monoisotopic (exact) mass is 213 g/mol. The van der Waals surface area contributed by atoms with Gasteiger partial charge in [0.15, 0.2) is 0 Å². The molecule has 16 heavy (non-hydrogen) atoms. The average molecular weight is 213 g/mol. The van der Waals surface area contributed by atoms with Crippen molar-refractivity contribution in [1.82, 2.24) is 15.1 Å². The van der Waals surface area contributed by atoms with Gasteiger partial charge >= 0.3 is 0 Å². The molecule has 0 saturated heterocycles. The molecular weight excluding hydrogens is 198 g/mol. The summed E-state index contributed by atoms with van der Waals surface area (Å²) in [7, 11) is 0. The summed E-state index contributed by atoms with van der Waals surface area (Å²) in [6.07, 6.45) is 5.59. The van der Waals surface area contributed by atoms with Gasteiger partial charge in [-0.25, -0.2) is 4.68 Å². The largest absolute Gasteiger partial charge is 0.309 e. The first kappa shape index (κ1) is 10.6. The number of para-hydroxylation sites is 1. The highest BCUT2D eigenvalue weighted by atomic mass is 15.3. The molecule has 3 heteroatoms. The van der Waals surface area contributed by atoms with Gasteiger partial charge in [-0.2, -0.15) is 5.10 Å². The van der Waals surface area contributed by atoms with Crippen molar-refractivity contribution in [2.75, 3.05) is 6.54 Å². The summed E-state index contributed by atoms with van der Waals surface area (Å²) in [5.41, 5.74) is 2.34. The van der Waals surface area contributed by atoms with Gasteiger partial charge in [-0.15, -0.1) is 6.58 Å². The molecule has 0 aliphatic heterocycles. The van der Waals surface area contributed by atoms with Crippen molar-refractivity contribution >= 4 is 0 Å². The van der Waals surface area contributed by atoms with Gasteiger partial charge in [0.05, 0.1) is 5.69 Å². The SMILES string of the molecule is C=CCNCc1ccccc1-n1cccn1. The Bertz CT molecular complexity index is 446. The lowest BCUT2D eigenvalue weighted by atomic mass is 10.2. The maximum absolute atomic E-state index is 4.24. The number of hydrogen-bond acceptors (Lipinski definition) is 2. The van der Waals surface area contributed by atoms with E-state index in [0.29, 0.717) is 0 Å².